The second-order valence-corrected chi connectivity index (χ2v) is 7.80. The van der Waals surface area contributed by atoms with Gasteiger partial charge in [0.1, 0.15) is 0 Å². The Labute approximate surface area is 126 Å². The number of aryl methyl sites for hydroxylation is 1. The molecule has 3 fully saturated rings. The van der Waals surface area contributed by atoms with Crippen molar-refractivity contribution in [2.75, 3.05) is 0 Å². The summed E-state index contributed by atoms with van der Waals surface area (Å²) >= 11 is 0. The molecular weight excluding hydrogens is 258 g/mol. The Morgan fingerprint density at radius 2 is 2.00 bits per heavy atom. The van der Waals surface area contributed by atoms with E-state index in [9.17, 15) is 0 Å². The van der Waals surface area contributed by atoms with Gasteiger partial charge in [-0.25, -0.2) is 0 Å². The molecule has 112 valence electrons. The predicted octanol–water partition coefficient (Wildman–Crippen LogP) is 2.63. The average molecular weight is 283 g/mol. The first kappa shape index (κ1) is 12.6. The first-order valence-electron chi connectivity index (χ1n) is 8.78. The molecule has 3 nitrogen and oxygen atoms in total. The van der Waals surface area contributed by atoms with Gasteiger partial charge in [0.2, 0.25) is 0 Å². The third kappa shape index (κ3) is 1.71. The molecule has 0 radical (unpaired) electrons. The summed E-state index contributed by atoms with van der Waals surface area (Å²) in [5.41, 5.74) is 6.03. The third-order valence-electron chi connectivity index (χ3n) is 7.07. The number of pyridine rings is 1. The van der Waals surface area contributed by atoms with E-state index >= 15 is 0 Å². The Morgan fingerprint density at radius 3 is 2.76 bits per heavy atom. The minimum atomic E-state index is 0.456. The molecule has 0 aromatic carbocycles. The minimum absolute atomic E-state index is 0.456. The van der Waals surface area contributed by atoms with Crippen LogP contribution in [0.3, 0.4) is 0 Å². The molecule has 0 aliphatic heterocycles. The van der Waals surface area contributed by atoms with Crippen molar-refractivity contribution in [1.82, 2.24) is 10.4 Å². The molecule has 3 heteroatoms. The van der Waals surface area contributed by atoms with Crippen molar-refractivity contribution in [3.63, 3.8) is 0 Å². The van der Waals surface area contributed by atoms with E-state index in [1.807, 2.05) is 6.20 Å². The fourth-order valence-corrected chi connectivity index (χ4v) is 6.36. The maximum atomic E-state index is 6.04. The number of hydrazine groups is 1. The highest BCUT2D eigenvalue weighted by atomic mass is 15.2. The van der Waals surface area contributed by atoms with Gasteiger partial charge in [-0.15, -0.1) is 0 Å². The van der Waals surface area contributed by atoms with E-state index in [-0.39, 0.29) is 0 Å². The number of nitrogens with two attached hydrogens (primary N) is 1. The molecule has 1 aromatic rings. The molecule has 4 aliphatic carbocycles. The van der Waals surface area contributed by atoms with Gasteiger partial charge in [0.15, 0.2) is 0 Å². The van der Waals surface area contributed by atoms with Gasteiger partial charge in [-0.2, -0.15) is 0 Å². The lowest BCUT2D eigenvalue weighted by atomic mass is 9.78. The zero-order valence-electron chi connectivity index (χ0n) is 12.5. The zero-order chi connectivity index (χ0) is 14.0. The zero-order valence-corrected chi connectivity index (χ0v) is 12.5. The van der Waals surface area contributed by atoms with E-state index in [1.54, 1.807) is 0 Å². The Hall–Kier alpha value is -0.930. The largest absolute Gasteiger partial charge is 0.271 e. The van der Waals surface area contributed by atoms with Crippen LogP contribution in [0.4, 0.5) is 0 Å². The Kier molecular flexibility index (Phi) is 2.72. The Balaban J connectivity index is 1.45. The SMILES string of the molecule is NNC(C1CCCc2cccnc21)C1C2C3CCC(C3)C21. The van der Waals surface area contributed by atoms with Crippen LogP contribution >= 0.6 is 0 Å². The summed E-state index contributed by atoms with van der Waals surface area (Å²) in [6.07, 6.45) is 10.2. The molecule has 0 saturated heterocycles. The van der Waals surface area contributed by atoms with Crippen LogP contribution in [0.25, 0.3) is 0 Å². The van der Waals surface area contributed by atoms with Gasteiger partial charge in [0.25, 0.3) is 0 Å². The third-order valence-corrected chi connectivity index (χ3v) is 7.07. The number of hydrogen-bond acceptors (Lipinski definition) is 3. The van der Waals surface area contributed by atoms with Crippen LogP contribution < -0.4 is 11.3 Å². The monoisotopic (exact) mass is 283 g/mol. The molecule has 2 bridgehead atoms. The molecule has 6 unspecified atom stereocenters. The van der Waals surface area contributed by atoms with Crippen molar-refractivity contribution in [2.45, 2.75) is 50.5 Å². The minimum Gasteiger partial charge on any atom is -0.271 e. The molecule has 6 atom stereocenters. The normalized spacial score (nSPS) is 44.2. The van der Waals surface area contributed by atoms with Gasteiger partial charge in [0.05, 0.1) is 0 Å². The van der Waals surface area contributed by atoms with Gasteiger partial charge in [-0.3, -0.25) is 16.3 Å². The van der Waals surface area contributed by atoms with E-state index < -0.39 is 0 Å². The van der Waals surface area contributed by atoms with Gasteiger partial charge in [0, 0.05) is 23.9 Å². The summed E-state index contributed by atoms with van der Waals surface area (Å²) in [4.78, 5) is 4.73. The van der Waals surface area contributed by atoms with Crippen molar-refractivity contribution >= 4 is 0 Å². The molecule has 1 aromatic heterocycles. The Bertz CT molecular complexity index is 541. The number of rotatable bonds is 3. The van der Waals surface area contributed by atoms with Crippen molar-refractivity contribution < 1.29 is 0 Å². The van der Waals surface area contributed by atoms with Gasteiger partial charge in [-0.05, 0) is 79.7 Å². The average Bonchev–Trinajstić information content (AvgIpc) is 2.94. The van der Waals surface area contributed by atoms with Crippen LogP contribution in [0.5, 0.6) is 0 Å². The summed E-state index contributed by atoms with van der Waals surface area (Å²) in [6.45, 7) is 0. The summed E-state index contributed by atoms with van der Waals surface area (Å²) in [5.74, 6) is 11.4. The number of aromatic nitrogens is 1. The van der Waals surface area contributed by atoms with E-state index in [1.165, 1.54) is 49.8 Å². The van der Waals surface area contributed by atoms with Crippen LogP contribution in [0.1, 0.15) is 49.3 Å². The van der Waals surface area contributed by atoms with E-state index in [2.05, 4.69) is 17.6 Å². The summed E-state index contributed by atoms with van der Waals surface area (Å²) in [6, 6.07) is 4.80. The van der Waals surface area contributed by atoms with Crippen molar-refractivity contribution in [1.29, 1.82) is 0 Å². The number of fused-ring (bicyclic) bond motifs is 6. The number of nitrogens with one attached hydrogen (secondary N) is 1. The van der Waals surface area contributed by atoms with Crippen molar-refractivity contribution in [2.24, 2.45) is 35.4 Å². The fourth-order valence-electron chi connectivity index (χ4n) is 6.36. The van der Waals surface area contributed by atoms with Gasteiger partial charge >= 0.3 is 0 Å². The second kappa shape index (κ2) is 4.53. The quantitative estimate of drug-likeness (QED) is 0.662. The second-order valence-electron chi connectivity index (χ2n) is 7.80. The topological polar surface area (TPSA) is 50.9 Å². The highest BCUT2D eigenvalue weighted by molar-refractivity contribution is 5.29. The van der Waals surface area contributed by atoms with Gasteiger partial charge < -0.3 is 0 Å². The van der Waals surface area contributed by atoms with Crippen LogP contribution in [-0.4, -0.2) is 11.0 Å². The molecule has 3 N–H and O–H groups in total. The highest BCUT2D eigenvalue weighted by Gasteiger charge is 2.67. The summed E-state index contributed by atoms with van der Waals surface area (Å²) < 4.78 is 0. The van der Waals surface area contributed by atoms with Crippen LogP contribution in [-0.2, 0) is 6.42 Å². The lowest BCUT2D eigenvalue weighted by molar-refractivity contribution is 0.302. The predicted molar refractivity (Wildman–Crippen MR) is 82.3 cm³/mol. The van der Waals surface area contributed by atoms with Crippen molar-refractivity contribution in [3.05, 3.63) is 29.6 Å². The maximum Gasteiger partial charge on any atom is 0.0482 e. The first-order valence-corrected chi connectivity index (χ1v) is 8.78. The van der Waals surface area contributed by atoms with Gasteiger partial charge in [-0.1, -0.05) is 6.07 Å². The van der Waals surface area contributed by atoms with Crippen LogP contribution in [0, 0.1) is 29.6 Å². The highest BCUT2D eigenvalue weighted by Crippen LogP contribution is 2.71. The first-order chi connectivity index (χ1) is 10.4. The Morgan fingerprint density at radius 1 is 1.19 bits per heavy atom. The smallest absolute Gasteiger partial charge is 0.0482 e. The lowest BCUT2D eigenvalue weighted by Crippen LogP contribution is -2.44. The summed E-state index contributed by atoms with van der Waals surface area (Å²) in [7, 11) is 0. The summed E-state index contributed by atoms with van der Waals surface area (Å²) in [5, 5.41) is 0. The van der Waals surface area contributed by atoms with Crippen LogP contribution in [0.2, 0.25) is 0 Å². The van der Waals surface area contributed by atoms with E-state index in [0.29, 0.717) is 12.0 Å². The fraction of sp³-hybridized carbons (Fsp3) is 0.722. The van der Waals surface area contributed by atoms with E-state index in [4.69, 9.17) is 10.8 Å². The molecule has 5 rings (SSSR count). The molecular formula is C18H25N3. The number of nitrogens with zero attached hydrogens (tertiary/aromatic N) is 1. The molecule has 4 aliphatic rings. The number of hydrogen-bond donors (Lipinski definition) is 2. The maximum absolute atomic E-state index is 6.04. The molecule has 1 heterocycles. The van der Waals surface area contributed by atoms with E-state index in [0.717, 1.165) is 29.6 Å². The lowest BCUT2D eigenvalue weighted by Gasteiger charge is -2.32. The standard InChI is InChI=1S/C18H25N3/c19-21-18(16-14-11-6-7-12(9-11)15(14)16)13-5-1-3-10-4-2-8-20-17(10)13/h2,4,8,11-16,18,21H,1,3,5-7,9,19H2. The van der Waals surface area contributed by atoms with Crippen molar-refractivity contribution in [3.8, 4) is 0 Å². The molecule has 3 saturated carbocycles. The molecule has 21 heavy (non-hydrogen) atoms. The molecule has 0 amide bonds. The molecule has 0 spiro atoms. The van der Waals surface area contributed by atoms with Crippen LogP contribution in [0.15, 0.2) is 18.3 Å².